The average molecular weight is 242 g/mol. The Labute approximate surface area is 105 Å². The van der Waals surface area contributed by atoms with Crippen LogP contribution in [0.25, 0.3) is 0 Å². The van der Waals surface area contributed by atoms with Gasteiger partial charge in [-0.2, -0.15) is 0 Å². The lowest BCUT2D eigenvalue weighted by Gasteiger charge is -2.10. The van der Waals surface area contributed by atoms with E-state index < -0.39 is 0 Å². The summed E-state index contributed by atoms with van der Waals surface area (Å²) in [5, 5.41) is 2.83. The number of carbonyl (C=O) groups excluding carboxylic acids is 1. The van der Waals surface area contributed by atoms with E-state index in [1.807, 2.05) is 31.2 Å². The van der Waals surface area contributed by atoms with Crippen molar-refractivity contribution >= 4 is 17.3 Å². The highest BCUT2D eigenvalue weighted by molar-refractivity contribution is 6.08. The molecule has 0 spiro atoms. The number of hydrogen-bond donors (Lipinski definition) is 3. The lowest BCUT2D eigenvalue weighted by atomic mass is 10.1. The number of benzene rings is 1. The van der Waals surface area contributed by atoms with Crippen LogP contribution in [0, 0.1) is 6.92 Å². The number of nitrogens with zero attached hydrogens (tertiary/aromatic N) is 1. The van der Waals surface area contributed by atoms with Crippen LogP contribution in [0.5, 0.6) is 0 Å². The maximum atomic E-state index is 12.1. The highest BCUT2D eigenvalue weighted by Crippen LogP contribution is 2.17. The van der Waals surface area contributed by atoms with E-state index in [2.05, 4.69) is 15.7 Å². The fourth-order valence-electron chi connectivity index (χ4n) is 1.60. The first-order chi connectivity index (χ1) is 8.72. The van der Waals surface area contributed by atoms with Crippen molar-refractivity contribution in [1.29, 1.82) is 0 Å². The molecule has 4 N–H and O–H groups in total. The number of anilines is 2. The second kappa shape index (κ2) is 5.29. The third-order valence-electron chi connectivity index (χ3n) is 2.61. The molecule has 0 unspecified atom stereocenters. The lowest BCUT2D eigenvalue weighted by molar-refractivity contribution is 0.102. The molecule has 5 heteroatoms. The summed E-state index contributed by atoms with van der Waals surface area (Å²) in [5.41, 5.74) is 5.19. The third-order valence-corrected chi connectivity index (χ3v) is 2.61. The van der Waals surface area contributed by atoms with E-state index in [1.54, 1.807) is 12.3 Å². The summed E-state index contributed by atoms with van der Waals surface area (Å²) < 4.78 is 0. The molecule has 18 heavy (non-hydrogen) atoms. The van der Waals surface area contributed by atoms with Gasteiger partial charge in [0.05, 0.1) is 11.3 Å². The summed E-state index contributed by atoms with van der Waals surface area (Å²) in [6.07, 6.45) is 3.04. The number of nitrogens with two attached hydrogens (primary N) is 1. The van der Waals surface area contributed by atoms with Crippen molar-refractivity contribution in [2.75, 3.05) is 10.7 Å². The maximum Gasteiger partial charge on any atom is 0.259 e. The van der Waals surface area contributed by atoms with Crippen LogP contribution >= 0.6 is 0 Å². The van der Waals surface area contributed by atoms with E-state index in [-0.39, 0.29) is 5.91 Å². The Morgan fingerprint density at radius 2 is 2.00 bits per heavy atom. The molecule has 0 aliphatic rings. The number of aromatic nitrogens is 1. The molecule has 0 saturated carbocycles. The van der Waals surface area contributed by atoms with Gasteiger partial charge in [-0.15, -0.1) is 0 Å². The minimum atomic E-state index is -0.245. The van der Waals surface area contributed by atoms with E-state index in [1.165, 1.54) is 6.20 Å². The maximum absolute atomic E-state index is 12.1. The van der Waals surface area contributed by atoms with Crippen LogP contribution in [0.15, 0.2) is 42.7 Å². The summed E-state index contributed by atoms with van der Waals surface area (Å²) in [6, 6.07) is 9.21. The highest BCUT2D eigenvalue weighted by atomic mass is 16.1. The summed E-state index contributed by atoms with van der Waals surface area (Å²) in [6.45, 7) is 1.93. The number of nitrogen functional groups attached to an aromatic ring is 1. The Morgan fingerprint density at radius 1 is 1.22 bits per heavy atom. The first kappa shape index (κ1) is 12.1. The average Bonchev–Trinajstić information content (AvgIpc) is 2.41. The zero-order valence-corrected chi connectivity index (χ0v) is 9.97. The minimum absolute atomic E-state index is 0.245. The molecule has 2 rings (SSSR count). The number of hydrogen-bond acceptors (Lipinski definition) is 4. The second-order valence-corrected chi connectivity index (χ2v) is 3.83. The van der Waals surface area contributed by atoms with Crippen LogP contribution in [-0.4, -0.2) is 10.9 Å². The molecular weight excluding hydrogens is 228 g/mol. The van der Waals surface area contributed by atoms with Crippen LogP contribution in [0.4, 0.5) is 11.4 Å². The van der Waals surface area contributed by atoms with Gasteiger partial charge in [-0.1, -0.05) is 18.2 Å². The van der Waals surface area contributed by atoms with Gasteiger partial charge in [-0.05, 0) is 24.6 Å². The van der Waals surface area contributed by atoms with Gasteiger partial charge in [0, 0.05) is 18.1 Å². The van der Waals surface area contributed by atoms with Gasteiger partial charge in [0.25, 0.3) is 5.91 Å². The number of amides is 1. The van der Waals surface area contributed by atoms with Crippen molar-refractivity contribution in [2.45, 2.75) is 6.92 Å². The summed E-state index contributed by atoms with van der Waals surface area (Å²) in [5.74, 6) is 5.11. The number of pyridine rings is 1. The smallest absolute Gasteiger partial charge is 0.259 e. The minimum Gasteiger partial charge on any atom is -0.323 e. The molecule has 0 saturated heterocycles. The predicted molar refractivity (Wildman–Crippen MR) is 71.2 cm³/mol. The first-order valence-corrected chi connectivity index (χ1v) is 5.50. The molecule has 0 radical (unpaired) electrons. The molecule has 0 aliphatic heterocycles. The van der Waals surface area contributed by atoms with E-state index in [0.29, 0.717) is 11.3 Å². The molecule has 0 aliphatic carbocycles. The quantitative estimate of drug-likeness (QED) is 0.567. The molecule has 2 aromatic rings. The standard InChI is InChI=1S/C13H14N4O/c1-9-4-2-3-5-11(9)16-13(18)10-8-15-7-6-12(10)17-14/h2-8H,14H2,1H3,(H,15,17)(H,16,18). The largest absolute Gasteiger partial charge is 0.323 e. The van der Waals surface area contributed by atoms with E-state index in [0.717, 1.165) is 11.3 Å². The molecular formula is C13H14N4O. The van der Waals surface area contributed by atoms with Gasteiger partial charge >= 0.3 is 0 Å². The van der Waals surface area contributed by atoms with Crippen molar-refractivity contribution in [3.63, 3.8) is 0 Å². The van der Waals surface area contributed by atoms with Gasteiger partial charge in [-0.3, -0.25) is 15.6 Å². The van der Waals surface area contributed by atoms with E-state index in [9.17, 15) is 4.79 Å². The monoisotopic (exact) mass is 242 g/mol. The first-order valence-electron chi connectivity index (χ1n) is 5.50. The number of nitrogens with one attached hydrogen (secondary N) is 2. The SMILES string of the molecule is Cc1ccccc1NC(=O)c1cnccc1NN. The van der Waals surface area contributed by atoms with Crippen LogP contribution in [0.2, 0.25) is 0 Å². The second-order valence-electron chi connectivity index (χ2n) is 3.83. The lowest BCUT2D eigenvalue weighted by Crippen LogP contribution is -2.17. The number of para-hydroxylation sites is 1. The molecule has 0 bridgehead atoms. The van der Waals surface area contributed by atoms with E-state index in [4.69, 9.17) is 5.84 Å². The van der Waals surface area contributed by atoms with Crippen LogP contribution in [0.1, 0.15) is 15.9 Å². The number of rotatable bonds is 3. The molecule has 1 aromatic carbocycles. The number of aryl methyl sites for hydroxylation is 1. The third kappa shape index (κ3) is 2.46. The van der Waals surface area contributed by atoms with Crippen LogP contribution in [0.3, 0.4) is 0 Å². The molecule has 0 atom stereocenters. The van der Waals surface area contributed by atoms with Crippen molar-refractivity contribution in [2.24, 2.45) is 5.84 Å². The fourth-order valence-corrected chi connectivity index (χ4v) is 1.60. The Balaban J connectivity index is 2.25. The van der Waals surface area contributed by atoms with Gasteiger partial charge in [0.15, 0.2) is 0 Å². The summed E-state index contributed by atoms with van der Waals surface area (Å²) in [7, 11) is 0. The molecule has 5 nitrogen and oxygen atoms in total. The zero-order chi connectivity index (χ0) is 13.0. The van der Waals surface area contributed by atoms with Gasteiger partial charge in [-0.25, -0.2) is 0 Å². The molecule has 1 heterocycles. The fraction of sp³-hybridized carbons (Fsp3) is 0.0769. The van der Waals surface area contributed by atoms with Crippen molar-refractivity contribution in [1.82, 2.24) is 4.98 Å². The summed E-state index contributed by atoms with van der Waals surface area (Å²) >= 11 is 0. The molecule has 92 valence electrons. The normalized spacial score (nSPS) is 9.89. The Morgan fingerprint density at radius 3 is 2.72 bits per heavy atom. The topological polar surface area (TPSA) is 80.0 Å². The molecule has 0 fully saturated rings. The predicted octanol–water partition coefficient (Wildman–Crippen LogP) is 1.93. The highest BCUT2D eigenvalue weighted by Gasteiger charge is 2.11. The van der Waals surface area contributed by atoms with Crippen molar-refractivity contribution < 1.29 is 4.79 Å². The van der Waals surface area contributed by atoms with Crippen LogP contribution in [-0.2, 0) is 0 Å². The Kier molecular flexibility index (Phi) is 3.54. The Hall–Kier alpha value is -2.40. The molecule has 1 amide bonds. The van der Waals surface area contributed by atoms with Crippen molar-refractivity contribution in [3.05, 3.63) is 53.9 Å². The molecule has 1 aromatic heterocycles. The zero-order valence-electron chi connectivity index (χ0n) is 9.97. The van der Waals surface area contributed by atoms with Crippen molar-refractivity contribution in [3.8, 4) is 0 Å². The number of hydrazine groups is 1. The van der Waals surface area contributed by atoms with Gasteiger partial charge in [0.1, 0.15) is 0 Å². The summed E-state index contributed by atoms with van der Waals surface area (Å²) in [4.78, 5) is 16.0. The van der Waals surface area contributed by atoms with Gasteiger partial charge in [0.2, 0.25) is 0 Å². The number of carbonyl (C=O) groups is 1. The Bertz CT molecular complexity index is 568. The van der Waals surface area contributed by atoms with Gasteiger partial charge < -0.3 is 10.7 Å². The van der Waals surface area contributed by atoms with E-state index >= 15 is 0 Å². The van der Waals surface area contributed by atoms with Crippen LogP contribution < -0.4 is 16.6 Å².